The summed E-state index contributed by atoms with van der Waals surface area (Å²) in [6, 6.07) is 28.7. The van der Waals surface area contributed by atoms with Crippen LogP contribution in [0.2, 0.25) is 0 Å². The number of aromatic nitrogens is 1. The third-order valence-corrected chi connectivity index (χ3v) is 5.25. The molecule has 33 heavy (non-hydrogen) atoms. The maximum absolute atomic E-state index is 11.2. The number of hydrogen-bond donors (Lipinski definition) is 2. The molecule has 3 aromatic carbocycles. The molecule has 0 saturated carbocycles. The van der Waals surface area contributed by atoms with Gasteiger partial charge in [0.05, 0.1) is 5.56 Å². The molecule has 0 unspecified atom stereocenters. The maximum atomic E-state index is 11.2. The van der Waals surface area contributed by atoms with Gasteiger partial charge in [-0.15, -0.1) is 0 Å². The van der Waals surface area contributed by atoms with Gasteiger partial charge in [0.15, 0.2) is 0 Å². The summed E-state index contributed by atoms with van der Waals surface area (Å²) in [7, 11) is 0. The Labute approximate surface area is 192 Å². The number of phenolic OH excluding ortho intramolecular Hbond substituents is 1. The second-order valence-electron chi connectivity index (χ2n) is 7.67. The van der Waals surface area contributed by atoms with Crippen molar-refractivity contribution < 1.29 is 14.6 Å². The van der Waals surface area contributed by atoms with Crippen molar-refractivity contribution >= 4 is 11.6 Å². The monoisotopic (exact) mass is 439 g/mol. The lowest BCUT2D eigenvalue weighted by Crippen LogP contribution is -2.25. The highest BCUT2D eigenvalue weighted by Crippen LogP contribution is 2.24. The first-order valence-corrected chi connectivity index (χ1v) is 10.7. The van der Waals surface area contributed by atoms with Crippen molar-refractivity contribution in [2.75, 3.05) is 11.4 Å². The van der Waals surface area contributed by atoms with Gasteiger partial charge in [-0.2, -0.15) is 0 Å². The van der Waals surface area contributed by atoms with E-state index in [0.29, 0.717) is 17.2 Å². The number of carbonyl (C=O) groups is 1. The van der Waals surface area contributed by atoms with E-state index >= 15 is 0 Å². The third kappa shape index (κ3) is 6.11. The van der Waals surface area contributed by atoms with E-state index in [1.165, 1.54) is 11.8 Å². The molecule has 3 N–H and O–H groups in total. The smallest absolute Gasteiger partial charge is 0.250 e. The van der Waals surface area contributed by atoms with Gasteiger partial charge in [0.25, 0.3) is 0 Å². The van der Waals surface area contributed by atoms with E-state index in [0.717, 1.165) is 30.8 Å². The summed E-state index contributed by atoms with van der Waals surface area (Å²) < 4.78 is 5.75. The lowest BCUT2D eigenvalue weighted by Gasteiger charge is -2.25. The Bertz CT molecular complexity index is 1190. The van der Waals surface area contributed by atoms with E-state index in [1.807, 2.05) is 54.6 Å². The Balaban J connectivity index is 1.41. The van der Waals surface area contributed by atoms with Crippen molar-refractivity contribution in [1.82, 2.24) is 4.98 Å². The summed E-state index contributed by atoms with van der Waals surface area (Å²) in [5.74, 6) is 0.785. The number of nitrogens with zero attached hydrogens (tertiary/aromatic N) is 2. The fourth-order valence-electron chi connectivity index (χ4n) is 3.49. The second kappa shape index (κ2) is 10.3. The zero-order valence-electron chi connectivity index (χ0n) is 18.1. The average Bonchev–Trinajstić information content (AvgIpc) is 2.83. The highest BCUT2D eigenvalue weighted by molar-refractivity contribution is 5.92. The Hall–Kier alpha value is -4.32. The Morgan fingerprint density at radius 1 is 0.909 bits per heavy atom. The van der Waals surface area contributed by atoms with E-state index in [1.54, 1.807) is 24.3 Å². The molecular weight excluding hydrogens is 414 g/mol. The molecule has 6 heteroatoms. The van der Waals surface area contributed by atoms with E-state index in [4.69, 9.17) is 10.5 Å². The molecule has 1 aromatic heterocycles. The maximum Gasteiger partial charge on any atom is 0.250 e. The van der Waals surface area contributed by atoms with Crippen molar-refractivity contribution in [2.45, 2.75) is 13.0 Å². The van der Waals surface area contributed by atoms with Crippen LogP contribution in [0.5, 0.6) is 17.4 Å². The number of hydrogen-bond acceptors (Lipinski definition) is 5. The second-order valence-corrected chi connectivity index (χ2v) is 7.67. The number of pyridine rings is 1. The number of phenols is 1. The van der Waals surface area contributed by atoms with E-state index in [-0.39, 0.29) is 5.75 Å². The Kier molecular flexibility index (Phi) is 6.85. The summed E-state index contributed by atoms with van der Waals surface area (Å²) in [5.41, 5.74) is 8.92. The predicted molar refractivity (Wildman–Crippen MR) is 129 cm³/mol. The van der Waals surface area contributed by atoms with Gasteiger partial charge in [-0.3, -0.25) is 4.79 Å². The van der Waals surface area contributed by atoms with Crippen LogP contribution in [0, 0.1) is 0 Å². The van der Waals surface area contributed by atoms with Gasteiger partial charge in [-0.05, 0) is 47.9 Å². The van der Waals surface area contributed by atoms with Gasteiger partial charge in [0.2, 0.25) is 11.8 Å². The number of ether oxygens (including phenoxy) is 1. The highest BCUT2D eigenvalue weighted by atomic mass is 16.5. The molecule has 0 fully saturated rings. The minimum Gasteiger partial charge on any atom is -0.508 e. The first-order valence-electron chi connectivity index (χ1n) is 10.7. The molecule has 0 aliphatic rings. The molecule has 0 radical (unpaired) electrons. The Morgan fingerprint density at radius 2 is 1.70 bits per heavy atom. The van der Waals surface area contributed by atoms with Crippen LogP contribution < -0.4 is 15.4 Å². The molecule has 0 saturated heterocycles. The summed E-state index contributed by atoms with van der Waals surface area (Å²) in [4.78, 5) is 17.5. The van der Waals surface area contributed by atoms with Gasteiger partial charge in [-0.1, -0.05) is 48.5 Å². The molecule has 0 aliphatic heterocycles. The van der Waals surface area contributed by atoms with Crippen LogP contribution in [0.1, 0.15) is 21.5 Å². The van der Waals surface area contributed by atoms with E-state index in [9.17, 15) is 9.90 Å². The number of aromatic hydroxyl groups is 1. The number of primary amides is 1. The van der Waals surface area contributed by atoms with Crippen molar-refractivity contribution in [1.29, 1.82) is 0 Å². The fourth-order valence-corrected chi connectivity index (χ4v) is 3.49. The molecule has 1 amide bonds. The van der Waals surface area contributed by atoms with Crippen molar-refractivity contribution in [2.24, 2.45) is 5.73 Å². The summed E-state index contributed by atoms with van der Waals surface area (Å²) in [6.45, 7) is 1.53. The molecule has 4 aromatic rings. The Morgan fingerprint density at radius 3 is 2.36 bits per heavy atom. The standard InChI is InChI=1S/C27H25N3O3/c28-27(32)22-11-14-26(29-18-22)33-25-12-9-20(10-13-25)15-16-30(19-21-5-2-1-3-6-21)23-7-4-8-24(31)17-23/h1-14,17-18,31H,15-16,19H2,(H2,28,32). The zero-order valence-corrected chi connectivity index (χ0v) is 18.1. The lowest BCUT2D eigenvalue weighted by atomic mass is 10.1. The lowest BCUT2D eigenvalue weighted by molar-refractivity contribution is 0.1000. The van der Waals surface area contributed by atoms with Gasteiger partial charge in [-0.25, -0.2) is 4.98 Å². The van der Waals surface area contributed by atoms with Crippen LogP contribution in [0.4, 0.5) is 5.69 Å². The van der Waals surface area contributed by atoms with Crippen LogP contribution >= 0.6 is 0 Å². The molecule has 0 spiro atoms. The van der Waals surface area contributed by atoms with E-state index < -0.39 is 5.91 Å². The quantitative estimate of drug-likeness (QED) is 0.386. The minimum atomic E-state index is -0.523. The topological polar surface area (TPSA) is 88.7 Å². The number of anilines is 1. The van der Waals surface area contributed by atoms with Gasteiger partial charge in [0.1, 0.15) is 11.5 Å². The van der Waals surface area contributed by atoms with Crippen LogP contribution in [-0.2, 0) is 13.0 Å². The van der Waals surface area contributed by atoms with Crippen LogP contribution in [-0.4, -0.2) is 22.5 Å². The molecule has 0 atom stereocenters. The molecule has 0 bridgehead atoms. The summed E-state index contributed by atoms with van der Waals surface area (Å²) in [6.07, 6.45) is 2.23. The first-order chi connectivity index (χ1) is 16.1. The normalized spacial score (nSPS) is 10.5. The molecule has 0 aliphatic carbocycles. The molecule has 166 valence electrons. The van der Waals surface area contributed by atoms with Crippen molar-refractivity contribution in [3.63, 3.8) is 0 Å². The highest BCUT2D eigenvalue weighted by Gasteiger charge is 2.09. The fraction of sp³-hybridized carbons (Fsp3) is 0.111. The van der Waals surface area contributed by atoms with Gasteiger partial charge in [0, 0.05) is 37.1 Å². The van der Waals surface area contributed by atoms with Crippen LogP contribution in [0.3, 0.4) is 0 Å². The van der Waals surface area contributed by atoms with E-state index in [2.05, 4.69) is 22.0 Å². The molecule has 6 nitrogen and oxygen atoms in total. The van der Waals surface area contributed by atoms with Gasteiger partial charge < -0.3 is 20.5 Å². The number of amides is 1. The molecule has 1 heterocycles. The molecule has 4 rings (SSSR count). The van der Waals surface area contributed by atoms with Crippen molar-refractivity contribution in [3.8, 4) is 17.4 Å². The number of carbonyl (C=O) groups excluding carboxylic acids is 1. The number of rotatable bonds is 9. The van der Waals surface area contributed by atoms with Crippen LogP contribution in [0.25, 0.3) is 0 Å². The van der Waals surface area contributed by atoms with Crippen molar-refractivity contribution in [3.05, 3.63) is 114 Å². The predicted octanol–water partition coefficient (Wildman–Crippen LogP) is 4.93. The summed E-state index contributed by atoms with van der Waals surface area (Å²) in [5, 5.41) is 9.94. The number of benzene rings is 3. The number of nitrogens with two attached hydrogens (primary N) is 1. The summed E-state index contributed by atoms with van der Waals surface area (Å²) >= 11 is 0. The third-order valence-electron chi connectivity index (χ3n) is 5.25. The first kappa shape index (κ1) is 21.9. The van der Waals surface area contributed by atoms with Crippen LogP contribution in [0.15, 0.2) is 97.2 Å². The molecular formula is C27H25N3O3. The van der Waals surface area contributed by atoms with Gasteiger partial charge >= 0.3 is 0 Å². The average molecular weight is 440 g/mol. The minimum absolute atomic E-state index is 0.254. The SMILES string of the molecule is NC(=O)c1ccc(Oc2ccc(CCN(Cc3ccccc3)c3cccc(O)c3)cc2)nc1. The zero-order chi connectivity index (χ0) is 23.0. The largest absolute Gasteiger partial charge is 0.508 e.